The van der Waals surface area contributed by atoms with E-state index in [4.69, 9.17) is 0 Å². The van der Waals surface area contributed by atoms with Gasteiger partial charge in [-0.2, -0.15) is 0 Å². The van der Waals surface area contributed by atoms with Crippen molar-refractivity contribution in [2.75, 3.05) is 46.3 Å². The van der Waals surface area contributed by atoms with Crippen LogP contribution in [-0.4, -0.2) is 62.2 Å². The maximum atomic E-state index is 3.55. The van der Waals surface area contributed by atoms with Crippen LogP contribution in [-0.2, 0) is 0 Å². The first kappa shape index (κ1) is 14.9. The fourth-order valence-corrected chi connectivity index (χ4v) is 2.59. The lowest BCUT2D eigenvalue weighted by Gasteiger charge is -2.30. The van der Waals surface area contributed by atoms with Crippen LogP contribution in [0.2, 0.25) is 0 Å². The van der Waals surface area contributed by atoms with E-state index in [1.807, 2.05) is 0 Å². The Bertz CT molecular complexity index is 194. The molecule has 0 aliphatic carbocycles. The van der Waals surface area contributed by atoms with Gasteiger partial charge in [0.15, 0.2) is 0 Å². The predicted octanol–water partition coefficient (Wildman–Crippen LogP) is 1.65. The molecule has 0 amide bonds. The van der Waals surface area contributed by atoms with Gasteiger partial charge in [-0.15, -0.1) is 0 Å². The molecule has 1 heterocycles. The van der Waals surface area contributed by atoms with Crippen LogP contribution in [0.3, 0.4) is 0 Å². The van der Waals surface area contributed by atoms with Crippen LogP contribution in [0.15, 0.2) is 0 Å². The Labute approximate surface area is 108 Å². The molecule has 1 aliphatic heterocycles. The first-order valence-corrected chi connectivity index (χ1v) is 7.26. The van der Waals surface area contributed by atoms with Gasteiger partial charge in [-0.1, -0.05) is 20.8 Å². The van der Waals surface area contributed by atoms with Crippen LogP contribution >= 0.6 is 0 Å². The standard InChI is InChI=1S/C14H31N3/c1-5-14-12-16(4)8-6-9-17(14)10-7-15-11-13(2)3/h13-15H,5-12H2,1-4H3. The summed E-state index contributed by atoms with van der Waals surface area (Å²) >= 11 is 0. The van der Waals surface area contributed by atoms with Gasteiger partial charge in [0, 0.05) is 25.7 Å². The third-order valence-electron chi connectivity index (χ3n) is 3.62. The van der Waals surface area contributed by atoms with Crippen molar-refractivity contribution >= 4 is 0 Å². The van der Waals surface area contributed by atoms with Gasteiger partial charge in [0.25, 0.3) is 0 Å². The van der Waals surface area contributed by atoms with E-state index in [0.717, 1.165) is 25.0 Å². The smallest absolute Gasteiger partial charge is 0.0220 e. The molecule has 1 fully saturated rings. The minimum atomic E-state index is 0.753. The zero-order chi connectivity index (χ0) is 12.7. The van der Waals surface area contributed by atoms with Gasteiger partial charge in [-0.3, -0.25) is 4.90 Å². The van der Waals surface area contributed by atoms with Crippen LogP contribution in [0.25, 0.3) is 0 Å². The van der Waals surface area contributed by atoms with Crippen molar-refractivity contribution in [2.24, 2.45) is 5.92 Å². The zero-order valence-electron chi connectivity index (χ0n) is 12.2. The third-order valence-corrected chi connectivity index (χ3v) is 3.62. The average Bonchev–Trinajstić information content (AvgIpc) is 2.46. The van der Waals surface area contributed by atoms with E-state index in [9.17, 15) is 0 Å². The Kier molecular flexibility index (Phi) is 7.09. The highest BCUT2D eigenvalue weighted by Crippen LogP contribution is 2.11. The third kappa shape index (κ3) is 5.84. The molecule has 0 spiro atoms. The normalized spacial score (nSPS) is 24.2. The zero-order valence-corrected chi connectivity index (χ0v) is 12.2. The highest BCUT2D eigenvalue weighted by atomic mass is 15.2. The van der Waals surface area contributed by atoms with E-state index >= 15 is 0 Å². The van der Waals surface area contributed by atoms with Crippen molar-refractivity contribution in [3.05, 3.63) is 0 Å². The molecule has 0 bridgehead atoms. The van der Waals surface area contributed by atoms with E-state index in [1.165, 1.54) is 39.0 Å². The van der Waals surface area contributed by atoms with Gasteiger partial charge in [0.05, 0.1) is 0 Å². The molecule has 3 nitrogen and oxygen atoms in total. The molecule has 0 aromatic rings. The SMILES string of the molecule is CCC1CN(C)CCCN1CCNCC(C)C. The first-order chi connectivity index (χ1) is 8.13. The lowest BCUT2D eigenvalue weighted by Crippen LogP contribution is -2.43. The van der Waals surface area contributed by atoms with Crippen molar-refractivity contribution < 1.29 is 0 Å². The summed E-state index contributed by atoms with van der Waals surface area (Å²) in [5.74, 6) is 0.757. The summed E-state index contributed by atoms with van der Waals surface area (Å²) < 4.78 is 0. The fourth-order valence-electron chi connectivity index (χ4n) is 2.59. The summed E-state index contributed by atoms with van der Waals surface area (Å²) in [6.07, 6.45) is 2.59. The van der Waals surface area contributed by atoms with Gasteiger partial charge in [-0.25, -0.2) is 0 Å². The molecule has 0 saturated carbocycles. The summed E-state index contributed by atoms with van der Waals surface area (Å²) in [4.78, 5) is 5.16. The molecule has 17 heavy (non-hydrogen) atoms. The summed E-state index contributed by atoms with van der Waals surface area (Å²) in [5, 5.41) is 3.55. The molecule has 3 heteroatoms. The van der Waals surface area contributed by atoms with Gasteiger partial charge < -0.3 is 10.2 Å². The molecule has 0 radical (unpaired) electrons. The first-order valence-electron chi connectivity index (χ1n) is 7.26. The molecule has 0 aromatic carbocycles. The highest BCUT2D eigenvalue weighted by molar-refractivity contribution is 4.78. The van der Waals surface area contributed by atoms with E-state index in [0.29, 0.717) is 0 Å². The second kappa shape index (κ2) is 8.06. The minimum absolute atomic E-state index is 0.753. The van der Waals surface area contributed by atoms with E-state index in [-0.39, 0.29) is 0 Å². The van der Waals surface area contributed by atoms with Crippen LogP contribution in [0, 0.1) is 5.92 Å². The van der Waals surface area contributed by atoms with Crippen molar-refractivity contribution in [1.82, 2.24) is 15.1 Å². The molecule has 1 aliphatic rings. The number of rotatable bonds is 6. The Morgan fingerprint density at radius 2 is 2.06 bits per heavy atom. The van der Waals surface area contributed by atoms with Gasteiger partial charge >= 0.3 is 0 Å². The molecule has 1 saturated heterocycles. The number of nitrogens with zero attached hydrogens (tertiary/aromatic N) is 2. The summed E-state index contributed by atoms with van der Waals surface area (Å²) in [6.45, 7) is 14.1. The monoisotopic (exact) mass is 241 g/mol. The molecular formula is C14H31N3. The number of nitrogens with one attached hydrogen (secondary N) is 1. The van der Waals surface area contributed by atoms with Crippen molar-refractivity contribution in [1.29, 1.82) is 0 Å². The Morgan fingerprint density at radius 3 is 2.71 bits per heavy atom. The van der Waals surface area contributed by atoms with Crippen molar-refractivity contribution in [3.63, 3.8) is 0 Å². The summed E-state index contributed by atoms with van der Waals surface area (Å²) in [6, 6.07) is 0.753. The van der Waals surface area contributed by atoms with Crippen LogP contribution < -0.4 is 5.32 Å². The van der Waals surface area contributed by atoms with Crippen molar-refractivity contribution in [2.45, 2.75) is 39.7 Å². The molecule has 0 aromatic heterocycles. The van der Waals surface area contributed by atoms with Crippen molar-refractivity contribution in [3.8, 4) is 0 Å². The predicted molar refractivity (Wildman–Crippen MR) is 75.5 cm³/mol. The van der Waals surface area contributed by atoms with Crippen LogP contribution in [0.5, 0.6) is 0 Å². The molecule has 1 N–H and O–H groups in total. The molecule has 102 valence electrons. The van der Waals surface area contributed by atoms with Gasteiger partial charge in [0.2, 0.25) is 0 Å². The van der Waals surface area contributed by atoms with Gasteiger partial charge in [0.1, 0.15) is 0 Å². The van der Waals surface area contributed by atoms with Crippen LogP contribution in [0.1, 0.15) is 33.6 Å². The molecule has 1 rings (SSSR count). The van der Waals surface area contributed by atoms with E-state index in [1.54, 1.807) is 0 Å². The minimum Gasteiger partial charge on any atom is -0.315 e. The lowest BCUT2D eigenvalue weighted by molar-refractivity contribution is 0.183. The number of hydrogen-bond acceptors (Lipinski definition) is 3. The van der Waals surface area contributed by atoms with E-state index in [2.05, 4.69) is 42.9 Å². The Morgan fingerprint density at radius 1 is 1.29 bits per heavy atom. The topological polar surface area (TPSA) is 18.5 Å². The van der Waals surface area contributed by atoms with Gasteiger partial charge in [-0.05, 0) is 45.4 Å². The maximum Gasteiger partial charge on any atom is 0.0220 e. The Balaban J connectivity index is 2.28. The average molecular weight is 241 g/mol. The second-order valence-electron chi connectivity index (χ2n) is 5.81. The quantitative estimate of drug-likeness (QED) is 0.713. The Hall–Kier alpha value is -0.120. The highest BCUT2D eigenvalue weighted by Gasteiger charge is 2.21. The maximum absolute atomic E-state index is 3.55. The van der Waals surface area contributed by atoms with Crippen LogP contribution in [0.4, 0.5) is 0 Å². The fraction of sp³-hybridized carbons (Fsp3) is 1.00. The molecule has 1 unspecified atom stereocenters. The van der Waals surface area contributed by atoms with E-state index < -0.39 is 0 Å². The molecule has 1 atom stereocenters. The second-order valence-corrected chi connectivity index (χ2v) is 5.81. The summed E-state index contributed by atoms with van der Waals surface area (Å²) in [7, 11) is 2.25. The largest absolute Gasteiger partial charge is 0.315 e. The summed E-state index contributed by atoms with van der Waals surface area (Å²) in [5.41, 5.74) is 0. The number of likely N-dealkylation sites (N-methyl/N-ethyl adjacent to an activating group) is 1. The number of hydrogen-bond donors (Lipinski definition) is 1. The lowest BCUT2D eigenvalue weighted by atomic mass is 10.2. The molecular weight excluding hydrogens is 210 g/mol.